The fourth-order valence-electron chi connectivity index (χ4n) is 1.47. The van der Waals surface area contributed by atoms with Crippen LogP contribution in [0.2, 0.25) is 5.02 Å². The van der Waals surface area contributed by atoms with Crippen LogP contribution in [-0.2, 0) is 5.75 Å². The second kappa shape index (κ2) is 5.42. The van der Waals surface area contributed by atoms with Crippen molar-refractivity contribution in [1.29, 1.82) is 0 Å². The van der Waals surface area contributed by atoms with Crippen LogP contribution in [0.3, 0.4) is 0 Å². The van der Waals surface area contributed by atoms with E-state index < -0.39 is 0 Å². The maximum absolute atomic E-state index is 6.24. The molecule has 2 aromatic carbocycles. The summed E-state index contributed by atoms with van der Waals surface area (Å²) in [5.41, 5.74) is 2.46. The fraction of sp³-hybridized carbons (Fsp3) is 0.143. The van der Waals surface area contributed by atoms with Crippen LogP contribution in [0.4, 0.5) is 0 Å². The summed E-state index contributed by atoms with van der Waals surface area (Å²) in [7, 11) is 0. The largest absolute Gasteiger partial charge is 0.120 e. The molecule has 2 aromatic rings. The predicted octanol–water partition coefficient (Wildman–Crippen LogP) is 4.94. The molecule has 0 amide bonds. The molecule has 0 atom stereocenters. The molecule has 0 aliphatic rings. The van der Waals surface area contributed by atoms with Gasteiger partial charge in [0.1, 0.15) is 0 Å². The quantitative estimate of drug-likeness (QED) is 0.694. The van der Waals surface area contributed by atoms with Crippen molar-refractivity contribution in [2.45, 2.75) is 17.6 Å². The van der Waals surface area contributed by atoms with Gasteiger partial charge < -0.3 is 0 Å². The first-order chi connectivity index (χ1) is 7.77. The van der Waals surface area contributed by atoms with E-state index in [2.05, 4.69) is 36.4 Å². The van der Waals surface area contributed by atoms with Crippen molar-refractivity contribution >= 4 is 23.4 Å². The Morgan fingerprint density at radius 1 is 1.00 bits per heavy atom. The summed E-state index contributed by atoms with van der Waals surface area (Å²) in [4.78, 5) is 1.16. The van der Waals surface area contributed by atoms with Gasteiger partial charge in [0.15, 0.2) is 0 Å². The Kier molecular flexibility index (Phi) is 3.92. The van der Waals surface area contributed by atoms with E-state index in [0.717, 1.165) is 21.2 Å². The fourth-order valence-corrected chi connectivity index (χ4v) is 2.73. The van der Waals surface area contributed by atoms with E-state index in [1.807, 2.05) is 19.1 Å². The van der Waals surface area contributed by atoms with Gasteiger partial charge in [0.05, 0.1) is 5.02 Å². The van der Waals surface area contributed by atoms with Crippen molar-refractivity contribution < 1.29 is 0 Å². The molecule has 16 heavy (non-hydrogen) atoms. The highest BCUT2D eigenvalue weighted by Gasteiger charge is 2.03. The lowest BCUT2D eigenvalue weighted by Gasteiger charge is -2.06. The Balaban J connectivity index is 2.08. The molecule has 0 saturated carbocycles. The van der Waals surface area contributed by atoms with Crippen molar-refractivity contribution in [2.24, 2.45) is 0 Å². The minimum Gasteiger partial charge on any atom is -0.120 e. The van der Waals surface area contributed by atoms with Gasteiger partial charge in [0.2, 0.25) is 0 Å². The van der Waals surface area contributed by atoms with E-state index in [9.17, 15) is 0 Å². The Bertz CT molecular complexity index is 465. The van der Waals surface area contributed by atoms with Gasteiger partial charge in [0, 0.05) is 10.6 Å². The summed E-state index contributed by atoms with van der Waals surface area (Å²) >= 11 is 8.02. The Morgan fingerprint density at radius 3 is 2.50 bits per heavy atom. The molecule has 0 aliphatic heterocycles. The van der Waals surface area contributed by atoms with Crippen LogP contribution in [0.15, 0.2) is 53.4 Å². The lowest BCUT2D eigenvalue weighted by atomic mass is 10.2. The van der Waals surface area contributed by atoms with E-state index in [1.165, 1.54) is 5.56 Å². The van der Waals surface area contributed by atoms with E-state index in [1.54, 1.807) is 11.8 Å². The number of hydrogen-bond acceptors (Lipinski definition) is 1. The monoisotopic (exact) mass is 248 g/mol. The molecule has 0 bridgehead atoms. The number of rotatable bonds is 3. The van der Waals surface area contributed by atoms with Crippen LogP contribution in [0, 0.1) is 6.92 Å². The summed E-state index contributed by atoms with van der Waals surface area (Å²) in [6, 6.07) is 16.6. The molecular formula is C14H13ClS. The molecule has 82 valence electrons. The Labute approximate surface area is 106 Å². The standard InChI is InChI=1S/C14H13ClS/c1-11-6-5-9-13(14(11)15)16-10-12-7-3-2-4-8-12/h2-9H,10H2,1H3. The molecule has 2 rings (SSSR count). The first-order valence-electron chi connectivity index (χ1n) is 5.19. The average molecular weight is 249 g/mol. The van der Waals surface area contributed by atoms with Crippen molar-refractivity contribution in [3.05, 3.63) is 64.7 Å². The number of aryl methyl sites for hydroxylation is 1. The summed E-state index contributed by atoms with van der Waals surface area (Å²) in [6.45, 7) is 2.04. The number of thioether (sulfide) groups is 1. The molecule has 2 heteroatoms. The van der Waals surface area contributed by atoms with Crippen LogP contribution in [-0.4, -0.2) is 0 Å². The summed E-state index contributed by atoms with van der Waals surface area (Å²) < 4.78 is 0. The van der Waals surface area contributed by atoms with Crippen LogP contribution in [0.5, 0.6) is 0 Å². The lowest BCUT2D eigenvalue weighted by molar-refractivity contribution is 1.34. The third kappa shape index (κ3) is 2.81. The Morgan fingerprint density at radius 2 is 1.75 bits per heavy atom. The first kappa shape index (κ1) is 11.6. The number of hydrogen-bond donors (Lipinski definition) is 0. The molecule has 0 aliphatic carbocycles. The van der Waals surface area contributed by atoms with Crippen molar-refractivity contribution in [2.75, 3.05) is 0 Å². The highest BCUT2D eigenvalue weighted by molar-refractivity contribution is 7.98. The third-order valence-corrected chi connectivity index (χ3v) is 4.14. The van der Waals surface area contributed by atoms with Crippen LogP contribution in [0.25, 0.3) is 0 Å². The second-order valence-electron chi connectivity index (χ2n) is 3.66. The zero-order valence-electron chi connectivity index (χ0n) is 9.11. The lowest BCUT2D eigenvalue weighted by Crippen LogP contribution is -1.82. The molecule has 0 fully saturated rings. The molecule has 0 heterocycles. The molecular weight excluding hydrogens is 236 g/mol. The first-order valence-corrected chi connectivity index (χ1v) is 6.55. The predicted molar refractivity (Wildman–Crippen MR) is 72.2 cm³/mol. The van der Waals surface area contributed by atoms with Gasteiger partial charge in [-0.1, -0.05) is 54.1 Å². The molecule has 0 saturated heterocycles. The normalized spacial score (nSPS) is 10.4. The van der Waals surface area contributed by atoms with Crippen LogP contribution >= 0.6 is 23.4 Å². The van der Waals surface area contributed by atoms with Crippen molar-refractivity contribution in [1.82, 2.24) is 0 Å². The Hall–Kier alpha value is -0.920. The van der Waals surface area contributed by atoms with Crippen LogP contribution < -0.4 is 0 Å². The zero-order chi connectivity index (χ0) is 11.4. The van der Waals surface area contributed by atoms with Gasteiger partial charge in [0.25, 0.3) is 0 Å². The van der Waals surface area contributed by atoms with Gasteiger partial charge in [-0.2, -0.15) is 0 Å². The zero-order valence-corrected chi connectivity index (χ0v) is 10.7. The average Bonchev–Trinajstić information content (AvgIpc) is 2.32. The van der Waals surface area contributed by atoms with Crippen molar-refractivity contribution in [3.63, 3.8) is 0 Å². The van der Waals surface area contributed by atoms with Gasteiger partial charge in [-0.25, -0.2) is 0 Å². The molecule has 0 spiro atoms. The van der Waals surface area contributed by atoms with E-state index in [4.69, 9.17) is 11.6 Å². The minimum absolute atomic E-state index is 0.878. The third-order valence-electron chi connectivity index (χ3n) is 2.39. The molecule has 0 radical (unpaired) electrons. The maximum atomic E-state index is 6.24. The van der Waals surface area contributed by atoms with Gasteiger partial charge in [-0.05, 0) is 24.1 Å². The van der Waals surface area contributed by atoms with E-state index in [0.29, 0.717) is 0 Å². The van der Waals surface area contributed by atoms with Crippen molar-refractivity contribution in [3.8, 4) is 0 Å². The molecule has 0 aromatic heterocycles. The minimum atomic E-state index is 0.878. The summed E-state index contributed by atoms with van der Waals surface area (Å²) in [6.07, 6.45) is 0. The topological polar surface area (TPSA) is 0 Å². The van der Waals surface area contributed by atoms with Gasteiger partial charge in [-0.15, -0.1) is 11.8 Å². The molecule has 0 unspecified atom stereocenters. The van der Waals surface area contributed by atoms with Crippen LogP contribution in [0.1, 0.15) is 11.1 Å². The number of halogens is 1. The number of benzene rings is 2. The maximum Gasteiger partial charge on any atom is 0.0571 e. The summed E-state index contributed by atoms with van der Waals surface area (Å²) in [5.74, 6) is 0.962. The summed E-state index contributed by atoms with van der Waals surface area (Å²) in [5, 5.41) is 0.878. The molecule has 0 N–H and O–H groups in total. The van der Waals surface area contributed by atoms with Gasteiger partial charge >= 0.3 is 0 Å². The van der Waals surface area contributed by atoms with Gasteiger partial charge in [-0.3, -0.25) is 0 Å². The SMILES string of the molecule is Cc1cccc(SCc2ccccc2)c1Cl. The smallest absolute Gasteiger partial charge is 0.0571 e. The molecule has 0 nitrogen and oxygen atoms in total. The van der Waals surface area contributed by atoms with E-state index in [-0.39, 0.29) is 0 Å². The highest BCUT2D eigenvalue weighted by Crippen LogP contribution is 2.31. The van der Waals surface area contributed by atoms with E-state index >= 15 is 0 Å². The second-order valence-corrected chi connectivity index (χ2v) is 5.06. The highest BCUT2D eigenvalue weighted by atomic mass is 35.5.